The van der Waals surface area contributed by atoms with Crippen LogP contribution >= 0.6 is 23.2 Å². The Labute approximate surface area is 124 Å². The Morgan fingerprint density at radius 3 is 2.37 bits per heavy atom. The molecule has 0 spiro atoms. The van der Waals surface area contributed by atoms with E-state index in [9.17, 15) is 0 Å². The molecule has 0 aliphatic heterocycles. The van der Waals surface area contributed by atoms with Crippen LogP contribution < -0.4 is 5.32 Å². The Balaban J connectivity index is 2.29. The fourth-order valence-electron chi connectivity index (χ4n) is 2.09. The van der Waals surface area contributed by atoms with Crippen LogP contribution in [0.25, 0.3) is 11.1 Å². The van der Waals surface area contributed by atoms with Crippen molar-refractivity contribution in [2.75, 3.05) is 6.54 Å². The van der Waals surface area contributed by atoms with Crippen LogP contribution in [-0.2, 0) is 0 Å². The molecular formula is C16H17Cl2N. The van der Waals surface area contributed by atoms with E-state index in [-0.39, 0.29) is 0 Å². The van der Waals surface area contributed by atoms with Crippen molar-refractivity contribution < 1.29 is 0 Å². The minimum Gasteiger partial charge on any atom is -0.310 e. The van der Waals surface area contributed by atoms with Crippen molar-refractivity contribution in [3.05, 3.63) is 58.1 Å². The number of hydrogen-bond acceptors (Lipinski definition) is 1. The van der Waals surface area contributed by atoms with Crippen LogP contribution in [-0.4, -0.2) is 6.54 Å². The molecule has 3 heteroatoms. The molecule has 19 heavy (non-hydrogen) atoms. The van der Waals surface area contributed by atoms with Gasteiger partial charge in [-0.2, -0.15) is 0 Å². The molecule has 0 amide bonds. The zero-order valence-electron chi connectivity index (χ0n) is 11.1. The molecule has 0 aliphatic rings. The summed E-state index contributed by atoms with van der Waals surface area (Å²) in [7, 11) is 0. The van der Waals surface area contributed by atoms with Crippen LogP contribution in [0.15, 0.2) is 42.5 Å². The average Bonchev–Trinajstić information content (AvgIpc) is 2.42. The first-order chi connectivity index (χ1) is 9.11. The molecule has 0 radical (unpaired) electrons. The van der Waals surface area contributed by atoms with Crippen molar-refractivity contribution in [2.24, 2.45) is 0 Å². The highest BCUT2D eigenvalue weighted by Crippen LogP contribution is 2.31. The minimum atomic E-state index is 0.355. The molecule has 100 valence electrons. The number of benzene rings is 2. The molecule has 1 atom stereocenters. The first-order valence-electron chi connectivity index (χ1n) is 6.40. The van der Waals surface area contributed by atoms with Gasteiger partial charge in [0.25, 0.3) is 0 Å². The third-order valence-electron chi connectivity index (χ3n) is 3.16. The van der Waals surface area contributed by atoms with Gasteiger partial charge >= 0.3 is 0 Å². The second kappa shape index (κ2) is 6.42. The summed E-state index contributed by atoms with van der Waals surface area (Å²) < 4.78 is 0. The second-order valence-electron chi connectivity index (χ2n) is 4.53. The monoisotopic (exact) mass is 293 g/mol. The van der Waals surface area contributed by atoms with E-state index in [1.54, 1.807) is 6.07 Å². The predicted octanol–water partition coefficient (Wildman–Crippen LogP) is 5.33. The second-order valence-corrected chi connectivity index (χ2v) is 5.37. The molecule has 1 N–H and O–H groups in total. The highest BCUT2D eigenvalue weighted by atomic mass is 35.5. The number of nitrogens with one attached hydrogen (secondary N) is 1. The Hall–Kier alpha value is -1.02. The van der Waals surface area contributed by atoms with Gasteiger partial charge in [-0.1, -0.05) is 54.4 Å². The zero-order valence-corrected chi connectivity index (χ0v) is 12.6. The van der Waals surface area contributed by atoms with Crippen LogP contribution in [0.2, 0.25) is 10.0 Å². The maximum Gasteiger partial charge on any atom is 0.0485 e. The van der Waals surface area contributed by atoms with Gasteiger partial charge in [-0.05, 0) is 42.8 Å². The third-order valence-corrected chi connectivity index (χ3v) is 3.73. The van der Waals surface area contributed by atoms with E-state index < -0.39 is 0 Å². The van der Waals surface area contributed by atoms with Crippen molar-refractivity contribution in [1.82, 2.24) is 5.32 Å². The van der Waals surface area contributed by atoms with E-state index in [0.717, 1.165) is 22.7 Å². The molecule has 1 nitrogen and oxygen atoms in total. The number of rotatable bonds is 4. The summed E-state index contributed by atoms with van der Waals surface area (Å²) in [6.45, 7) is 5.23. The molecule has 2 rings (SSSR count). The van der Waals surface area contributed by atoms with Crippen molar-refractivity contribution in [3.63, 3.8) is 0 Å². The molecular weight excluding hydrogens is 277 g/mol. The van der Waals surface area contributed by atoms with Crippen LogP contribution in [0.4, 0.5) is 0 Å². The van der Waals surface area contributed by atoms with Gasteiger partial charge in [0.2, 0.25) is 0 Å². The van der Waals surface area contributed by atoms with Gasteiger partial charge in [-0.15, -0.1) is 0 Å². The van der Waals surface area contributed by atoms with Gasteiger partial charge in [0.05, 0.1) is 0 Å². The van der Waals surface area contributed by atoms with Gasteiger partial charge in [0, 0.05) is 21.7 Å². The van der Waals surface area contributed by atoms with Gasteiger partial charge in [-0.3, -0.25) is 0 Å². The van der Waals surface area contributed by atoms with Crippen molar-refractivity contribution in [2.45, 2.75) is 19.9 Å². The Morgan fingerprint density at radius 1 is 1.05 bits per heavy atom. The van der Waals surface area contributed by atoms with Gasteiger partial charge in [0.15, 0.2) is 0 Å². The largest absolute Gasteiger partial charge is 0.310 e. The van der Waals surface area contributed by atoms with Gasteiger partial charge < -0.3 is 5.32 Å². The summed E-state index contributed by atoms with van der Waals surface area (Å²) in [4.78, 5) is 0. The average molecular weight is 294 g/mol. The highest BCUT2D eigenvalue weighted by molar-refractivity contribution is 6.35. The van der Waals surface area contributed by atoms with Gasteiger partial charge in [0.1, 0.15) is 0 Å². The summed E-state index contributed by atoms with van der Waals surface area (Å²) >= 11 is 12.2. The molecule has 0 fully saturated rings. The quantitative estimate of drug-likeness (QED) is 0.803. The van der Waals surface area contributed by atoms with E-state index in [1.165, 1.54) is 5.56 Å². The summed E-state index contributed by atoms with van der Waals surface area (Å²) in [5.41, 5.74) is 3.32. The summed E-state index contributed by atoms with van der Waals surface area (Å²) in [6.07, 6.45) is 0. The lowest BCUT2D eigenvalue weighted by atomic mass is 10.0. The maximum atomic E-state index is 6.21. The molecule has 0 saturated heterocycles. The summed E-state index contributed by atoms with van der Waals surface area (Å²) in [5, 5.41) is 4.81. The Morgan fingerprint density at radius 2 is 1.74 bits per heavy atom. The van der Waals surface area contributed by atoms with Crippen LogP contribution in [0.5, 0.6) is 0 Å². The first kappa shape index (κ1) is 14.4. The molecule has 0 aromatic heterocycles. The minimum absolute atomic E-state index is 0.355. The van der Waals surface area contributed by atoms with E-state index in [2.05, 4.69) is 43.4 Å². The van der Waals surface area contributed by atoms with Crippen molar-refractivity contribution in [1.29, 1.82) is 0 Å². The lowest BCUT2D eigenvalue weighted by Crippen LogP contribution is -2.17. The van der Waals surface area contributed by atoms with Crippen LogP contribution in [0.1, 0.15) is 25.5 Å². The van der Waals surface area contributed by atoms with E-state index in [0.29, 0.717) is 11.1 Å². The molecule has 1 unspecified atom stereocenters. The van der Waals surface area contributed by atoms with Crippen molar-refractivity contribution in [3.8, 4) is 11.1 Å². The molecule has 0 aliphatic carbocycles. The molecule has 2 aromatic carbocycles. The Kier molecular flexibility index (Phi) is 4.87. The van der Waals surface area contributed by atoms with Crippen LogP contribution in [0, 0.1) is 0 Å². The molecule has 0 bridgehead atoms. The highest BCUT2D eigenvalue weighted by Gasteiger charge is 2.07. The lowest BCUT2D eigenvalue weighted by molar-refractivity contribution is 0.598. The maximum absolute atomic E-state index is 6.21. The summed E-state index contributed by atoms with van der Waals surface area (Å²) in [5.74, 6) is 0. The number of halogens is 2. The van der Waals surface area contributed by atoms with Crippen molar-refractivity contribution >= 4 is 23.2 Å². The van der Waals surface area contributed by atoms with Crippen LogP contribution in [0.3, 0.4) is 0 Å². The molecule has 2 aromatic rings. The van der Waals surface area contributed by atoms with E-state index in [1.807, 2.05) is 12.1 Å². The fourth-order valence-corrected chi connectivity index (χ4v) is 2.49. The lowest BCUT2D eigenvalue weighted by Gasteiger charge is -2.13. The van der Waals surface area contributed by atoms with E-state index >= 15 is 0 Å². The van der Waals surface area contributed by atoms with E-state index in [4.69, 9.17) is 23.2 Å². The topological polar surface area (TPSA) is 12.0 Å². The zero-order chi connectivity index (χ0) is 13.8. The smallest absolute Gasteiger partial charge is 0.0485 e. The molecule has 0 saturated carbocycles. The summed E-state index contributed by atoms with van der Waals surface area (Å²) in [6, 6.07) is 14.3. The van der Waals surface area contributed by atoms with Gasteiger partial charge in [-0.25, -0.2) is 0 Å². The predicted molar refractivity (Wildman–Crippen MR) is 84.0 cm³/mol. The Bertz CT molecular complexity index is 549. The first-order valence-corrected chi connectivity index (χ1v) is 7.16. The normalized spacial score (nSPS) is 12.4. The SMILES string of the molecule is CCNC(C)c1ccc(-c2cc(Cl)ccc2Cl)cc1. The molecule has 0 heterocycles. The third kappa shape index (κ3) is 3.50. The number of hydrogen-bond donors (Lipinski definition) is 1. The fraction of sp³-hybridized carbons (Fsp3) is 0.250. The standard InChI is InChI=1S/C16H17Cl2N/c1-3-19-11(2)12-4-6-13(7-5-12)15-10-14(17)8-9-16(15)18/h4-11,19H,3H2,1-2H3.